The summed E-state index contributed by atoms with van der Waals surface area (Å²) in [5.74, 6) is 1.46. The van der Waals surface area contributed by atoms with Gasteiger partial charge in [-0.2, -0.15) is 0 Å². The number of ether oxygens (including phenoxy) is 3. The summed E-state index contributed by atoms with van der Waals surface area (Å²) in [6.07, 6.45) is 0.799. The summed E-state index contributed by atoms with van der Waals surface area (Å²) in [7, 11) is 3.28. The van der Waals surface area contributed by atoms with Gasteiger partial charge in [-0.3, -0.25) is 0 Å². The van der Waals surface area contributed by atoms with Crippen LogP contribution >= 0.6 is 0 Å². The first-order valence-corrected chi connectivity index (χ1v) is 6.12. The molecule has 0 spiro atoms. The third-order valence-electron chi connectivity index (χ3n) is 3.39. The van der Waals surface area contributed by atoms with Crippen LogP contribution in [-0.4, -0.2) is 31.5 Å². The molecule has 0 radical (unpaired) electrons. The van der Waals surface area contributed by atoms with E-state index in [1.54, 1.807) is 14.2 Å². The Kier molecular flexibility index (Phi) is 3.78. The van der Waals surface area contributed by atoms with Crippen molar-refractivity contribution >= 4 is 0 Å². The largest absolute Gasteiger partial charge is 0.497 e. The van der Waals surface area contributed by atoms with E-state index in [2.05, 4.69) is 0 Å². The number of hydrogen-bond donors (Lipinski definition) is 1. The molecule has 18 heavy (non-hydrogen) atoms. The Balaban J connectivity index is 2.23. The fraction of sp³-hybridized carbons (Fsp3) is 0.571. The van der Waals surface area contributed by atoms with Crippen molar-refractivity contribution in [1.29, 1.82) is 0 Å². The van der Waals surface area contributed by atoms with Gasteiger partial charge in [0.15, 0.2) is 0 Å². The summed E-state index contributed by atoms with van der Waals surface area (Å²) >= 11 is 0. The van der Waals surface area contributed by atoms with E-state index in [0.29, 0.717) is 13.0 Å². The maximum atomic E-state index is 10.2. The number of hydrogen-bond acceptors (Lipinski definition) is 4. The molecule has 0 fully saturated rings. The molecule has 1 aliphatic heterocycles. The normalized spacial score (nSPS) is 26.3. The van der Waals surface area contributed by atoms with E-state index in [9.17, 15) is 5.11 Å². The zero-order valence-electron chi connectivity index (χ0n) is 11.1. The van der Waals surface area contributed by atoms with Crippen LogP contribution in [0.25, 0.3) is 0 Å². The van der Waals surface area contributed by atoms with Crippen molar-refractivity contribution in [2.75, 3.05) is 20.8 Å². The van der Waals surface area contributed by atoms with Gasteiger partial charge in [-0.05, 0) is 25.1 Å². The smallest absolute Gasteiger partial charge is 0.126 e. The molecule has 0 amide bonds. The molecule has 0 saturated heterocycles. The Morgan fingerprint density at radius 2 is 2.22 bits per heavy atom. The van der Waals surface area contributed by atoms with Crippen LogP contribution in [0.2, 0.25) is 0 Å². The lowest BCUT2D eigenvalue weighted by molar-refractivity contribution is -0.0203. The van der Waals surface area contributed by atoms with E-state index in [1.807, 2.05) is 25.1 Å². The molecule has 0 saturated carbocycles. The average molecular weight is 252 g/mol. The van der Waals surface area contributed by atoms with Crippen LogP contribution in [0.5, 0.6) is 11.5 Å². The molecule has 0 bridgehead atoms. The van der Waals surface area contributed by atoms with Gasteiger partial charge in [-0.15, -0.1) is 0 Å². The predicted molar refractivity (Wildman–Crippen MR) is 68.1 cm³/mol. The second kappa shape index (κ2) is 5.16. The number of fused-ring (bicyclic) bond motifs is 1. The standard InChI is InChI=1S/C14H20O4/c1-14(6-7-16-2)9-12(15)11-8-10(17-3)4-5-13(11)18-14/h4-5,8,12,15H,6-7,9H2,1-3H3. The van der Waals surface area contributed by atoms with Crippen molar-refractivity contribution in [3.63, 3.8) is 0 Å². The van der Waals surface area contributed by atoms with Crippen LogP contribution in [-0.2, 0) is 4.74 Å². The third-order valence-corrected chi connectivity index (χ3v) is 3.39. The minimum Gasteiger partial charge on any atom is -0.497 e. The van der Waals surface area contributed by atoms with Crippen molar-refractivity contribution < 1.29 is 19.3 Å². The maximum absolute atomic E-state index is 10.2. The van der Waals surface area contributed by atoms with Crippen molar-refractivity contribution in [2.24, 2.45) is 0 Å². The molecule has 2 rings (SSSR count). The highest BCUT2D eigenvalue weighted by atomic mass is 16.5. The van der Waals surface area contributed by atoms with E-state index in [-0.39, 0.29) is 5.60 Å². The fourth-order valence-electron chi connectivity index (χ4n) is 2.30. The summed E-state index contributed by atoms with van der Waals surface area (Å²) < 4.78 is 16.2. The van der Waals surface area contributed by atoms with E-state index in [4.69, 9.17) is 14.2 Å². The summed E-state index contributed by atoms with van der Waals surface area (Å²) in [6, 6.07) is 5.52. The molecule has 2 atom stereocenters. The van der Waals surface area contributed by atoms with E-state index in [1.165, 1.54) is 0 Å². The molecule has 0 aliphatic carbocycles. The van der Waals surface area contributed by atoms with E-state index < -0.39 is 6.10 Å². The first-order chi connectivity index (χ1) is 8.58. The first kappa shape index (κ1) is 13.2. The molecule has 4 nitrogen and oxygen atoms in total. The summed E-state index contributed by atoms with van der Waals surface area (Å²) in [5.41, 5.74) is 0.418. The van der Waals surface area contributed by atoms with Gasteiger partial charge in [0, 0.05) is 32.1 Å². The van der Waals surface area contributed by atoms with Gasteiger partial charge in [-0.1, -0.05) is 0 Å². The minimum atomic E-state index is -0.522. The van der Waals surface area contributed by atoms with Crippen molar-refractivity contribution in [3.8, 4) is 11.5 Å². The van der Waals surface area contributed by atoms with Gasteiger partial charge in [-0.25, -0.2) is 0 Å². The Labute approximate surface area is 107 Å². The number of aliphatic hydroxyl groups excluding tert-OH is 1. The number of benzene rings is 1. The van der Waals surface area contributed by atoms with Crippen LogP contribution in [0.1, 0.15) is 31.4 Å². The molecule has 1 aliphatic rings. The zero-order valence-corrected chi connectivity index (χ0v) is 11.1. The highest BCUT2D eigenvalue weighted by molar-refractivity contribution is 5.43. The van der Waals surface area contributed by atoms with Crippen molar-refractivity contribution in [3.05, 3.63) is 23.8 Å². The Morgan fingerprint density at radius 1 is 1.44 bits per heavy atom. The molecule has 100 valence electrons. The second-order valence-corrected chi connectivity index (χ2v) is 4.92. The molecular weight excluding hydrogens is 232 g/mol. The SMILES string of the molecule is COCCC1(C)CC(O)c2cc(OC)ccc2O1. The van der Waals surface area contributed by atoms with Crippen LogP contribution < -0.4 is 9.47 Å². The predicted octanol–water partition coefficient (Wildman–Crippen LogP) is 2.31. The second-order valence-electron chi connectivity index (χ2n) is 4.92. The van der Waals surface area contributed by atoms with Gasteiger partial charge in [0.25, 0.3) is 0 Å². The minimum absolute atomic E-state index is 0.378. The molecule has 0 aromatic heterocycles. The number of rotatable bonds is 4. The van der Waals surface area contributed by atoms with E-state index in [0.717, 1.165) is 23.5 Å². The van der Waals surface area contributed by atoms with Crippen LogP contribution in [0.15, 0.2) is 18.2 Å². The zero-order chi connectivity index (χ0) is 13.2. The maximum Gasteiger partial charge on any atom is 0.126 e. The quantitative estimate of drug-likeness (QED) is 0.893. The van der Waals surface area contributed by atoms with Gasteiger partial charge >= 0.3 is 0 Å². The highest BCUT2D eigenvalue weighted by Gasteiger charge is 2.36. The fourth-order valence-corrected chi connectivity index (χ4v) is 2.30. The summed E-state index contributed by atoms with van der Waals surface area (Å²) in [6.45, 7) is 2.62. The molecule has 2 unspecified atom stereocenters. The average Bonchev–Trinajstić information content (AvgIpc) is 2.36. The molecule has 1 aromatic rings. The van der Waals surface area contributed by atoms with Crippen molar-refractivity contribution in [2.45, 2.75) is 31.5 Å². The van der Waals surface area contributed by atoms with Gasteiger partial charge in [0.1, 0.15) is 17.1 Å². The van der Waals surface area contributed by atoms with Gasteiger partial charge < -0.3 is 19.3 Å². The lowest BCUT2D eigenvalue weighted by atomic mass is 9.88. The topological polar surface area (TPSA) is 47.9 Å². The Hall–Kier alpha value is -1.26. The number of aliphatic hydroxyl groups is 1. The summed E-state index contributed by atoms with van der Waals surface area (Å²) in [5, 5.41) is 10.2. The molecule has 1 aromatic carbocycles. The van der Waals surface area contributed by atoms with Crippen LogP contribution in [0, 0.1) is 0 Å². The van der Waals surface area contributed by atoms with Crippen LogP contribution in [0.3, 0.4) is 0 Å². The third kappa shape index (κ3) is 2.60. The molecular formula is C14H20O4. The lowest BCUT2D eigenvalue weighted by Crippen LogP contribution is -2.39. The molecule has 4 heteroatoms. The molecule has 1 heterocycles. The molecule has 1 N–H and O–H groups in total. The van der Waals surface area contributed by atoms with Gasteiger partial charge in [0.2, 0.25) is 0 Å². The lowest BCUT2D eigenvalue weighted by Gasteiger charge is -2.38. The van der Waals surface area contributed by atoms with Crippen molar-refractivity contribution in [1.82, 2.24) is 0 Å². The summed E-state index contributed by atoms with van der Waals surface area (Å²) in [4.78, 5) is 0. The van der Waals surface area contributed by atoms with E-state index >= 15 is 0 Å². The Bertz CT molecular complexity index is 418. The highest BCUT2D eigenvalue weighted by Crippen LogP contribution is 2.42. The van der Waals surface area contributed by atoms with Gasteiger partial charge in [0.05, 0.1) is 13.2 Å². The monoisotopic (exact) mass is 252 g/mol. The number of methoxy groups -OCH3 is 2. The first-order valence-electron chi connectivity index (χ1n) is 6.12. The van der Waals surface area contributed by atoms with Crippen LogP contribution in [0.4, 0.5) is 0 Å². The Morgan fingerprint density at radius 3 is 2.89 bits per heavy atom.